The third kappa shape index (κ3) is 0.644. The fourth-order valence-electron chi connectivity index (χ4n) is 0.566. The van der Waals surface area contributed by atoms with Crippen molar-refractivity contribution in [2.75, 3.05) is 0 Å². The molecule has 0 aromatic carbocycles. The number of nitrogens with one attached hydrogen (secondary N) is 1. The molecule has 0 amide bonds. The summed E-state index contributed by atoms with van der Waals surface area (Å²) in [6.07, 6.45) is 3.53. The third-order valence-corrected chi connectivity index (χ3v) is 1.09. The highest BCUT2D eigenvalue weighted by atomic mass is 15.1. The van der Waals surface area contributed by atoms with Crippen LogP contribution in [-0.4, -0.2) is 10.2 Å². The van der Waals surface area contributed by atoms with Crippen molar-refractivity contribution in [1.82, 2.24) is 10.2 Å². The average molecular weight is 108 g/mol. The molecule has 0 unspecified atom stereocenters. The molecule has 0 saturated carbocycles. The number of aryl methyl sites for hydroxylation is 1. The van der Waals surface area contributed by atoms with E-state index in [9.17, 15) is 0 Å². The first kappa shape index (κ1) is 5.09. The number of rotatable bonds is 1. The summed E-state index contributed by atoms with van der Waals surface area (Å²) in [6.45, 7) is 5.57. The van der Waals surface area contributed by atoms with E-state index < -0.39 is 0 Å². The van der Waals surface area contributed by atoms with Gasteiger partial charge in [-0.15, -0.1) is 0 Å². The molecule has 0 spiro atoms. The highest BCUT2D eigenvalue weighted by molar-refractivity contribution is 5.47. The Labute approximate surface area is 48.2 Å². The fourth-order valence-corrected chi connectivity index (χ4v) is 0.566. The monoisotopic (exact) mass is 108 g/mol. The van der Waals surface area contributed by atoms with E-state index in [1.165, 1.54) is 0 Å². The molecule has 42 valence electrons. The van der Waals surface area contributed by atoms with Crippen LogP contribution < -0.4 is 0 Å². The Morgan fingerprint density at radius 3 is 2.88 bits per heavy atom. The number of hydrogen-bond acceptors (Lipinski definition) is 1. The van der Waals surface area contributed by atoms with Crippen LogP contribution in [0.15, 0.2) is 12.8 Å². The molecule has 1 heterocycles. The van der Waals surface area contributed by atoms with E-state index in [0.29, 0.717) is 0 Å². The lowest BCUT2D eigenvalue weighted by molar-refractivity contribution is 1.05. The quantitative estimate of drug-likeness (QED) is 0.578. The van der Waals surface area contributed by atoms with Gasteiger partial charge in [-0.2, -0.15) is 5.10 Å². The molecular formula is C6H8N2. The largest absolute Gasteiger partial charge is 0.282 e. The number of nitrogens with zero attached hydrogens (tertiary/aromatic N) is 1. The van der Waals surface area contributed by atoms with Gasteiger partial charge in [-0.25, -0.2) is 0 Å². The lowest BCUT2D eigenvalue weighted by atomic mass is 10.3. The Hall–Kier alpha value is -1.05. The van der Waals surface area contributed by atoms with Crippen LogP contribution in [0.1, 0.15) is 11.3 Å². The first-order valence-corrected chi connectivity index (χ1v) is 2.47. The minimum atomic E-state index is 1.07. The van der Waals surface area contributed by atoms with Gasteiger partial charge in [-0.05, 0) is 6.92 Å². The predicted molar refractivity (Wildman–Crippen MR) is 33.4 cm³/mol. The van der Waals surface area contributed by atoms with Crippen molar-refractivity contribution >= 4 is 6.08 Å². The zero-order chi connectivity index (χ0) is 5.98. The molecule has 0 fully saturated rings. The van der Waals surface area contributed by atoms with Crippen molar-refractivity contribution < 1.29 is 0 Å². The van der Waals surface area contributed by atoms with Gasteiger partial charge in [0.2, 0.25) is 0 Å². The summed E-state index contributed by atoms with van der Waals surface area (Å²) < 4.78 is 0. The summed E-state index contributed by atoms with van der Waals surface area (Å²) in [5, 5.41) is 6.59. The van der Waals surface area contributed by atoms with Crippen molar-refractivity contribution in [3.8, 4) is 0 Å². The van der Waals surface area contributed by atoms with Gasteiger partial charge in [0.25, 0.3) is 0 Å². The highest BCUT2D eigenvalue weighted by Gasteiger charge is 1.90. The zero-order valence-electron chi connectivity index (χ0n) is 4.81. The number of H-pyrrole nitrogens is 1. The molecule has 8 heavy (non-hydrogen) atoms. The normalized spacial score (nSPS) is 9.12. The first-order valence-electron chi connectivity index (χ1n) is 2.47. The average Bonchev–Trinajstić information content (AvgIpc) is 2.14. The Balaban J connectivity index is 3.09. The van der Waals surface area contributed by atoms with Crippen LogP contribution in [0.3, 0.4) is 0 Å². The minimum absolute atomic E-state index is 1.07. The summed E-state index contributed by atoms with van der Waals surface area (Å²) in [5.41, 5.74) is 2.14. The molecule has 2 heteroatoms. The number of aromatic nitrogens is 2. The van der Waals surface area contributed by atoms with Crippen LogP contribution in [0.2, 0.25) is 0 Å². The molecular weight excluding hydrogens is 100 g/mol. The van der Waals surface area contributed by atoms with Crippen LogP contribution in [-0.2, 0) is 0 Å². The van der Waals surface area contributed by atoms with Gasteiger partial charge in [-0.1, -0.05) is 12.7 Å². The van der Waals surface area contributed by atoms with Crippen molar-refractivity contribution in [1.29, 1.82) is 0 Å². The molecule has 0 aliphatic heterocycles. The fraction of sp³-hybridized carbons (Fsp3) is 0.167. The van der Waals surface area contributed by atoms with Crippen molar-refractivity contribution in [2.24, 2.45) is 0 Å². The summed E-state index contributed by atoms with van der Waals surface area (Å²) in [5.74, 6) is 0. The smallest absolute Gasteiger partial charge is 0.0562 e. The maximum absolute atomic E-state index is 3.80. The predicted octanol–water partition coefficient (Wildman–Crippen LogP) is 1.36. The third-order valence-electron chi connectivity index (χ3n) is 1.09. The number of aromatic amines is 1. The second-order valence-corrected chi connectivity index (χ2v) is 1.65. The van der Waals surface area contributed by atoms with Crippen LogP contribution in [0.5, 0.6) is 0 Å². The molecule has 0 radical (unpaired) electrons. The van der Waals surface area contributed by atoms with E-state index in [0.717, 1.165) is 11.3 Å². The molecule has 1 N–H and O–H groups in total. The molecule has 2 nitrogen and oxygen atoms in total. The van der Waals surface area contributed by atoms with Gasteiger partial charge < -0.3 is 0 Å². The Bertz CT molecular complexity index is 188. The van der Waals surface area contributed by atoms with Crippen LogP contribution >= 0.6 is 0 Å². The second kappa shape index (κ2) is 1.82. The van der Waals surface area contributed by atoms with E-state index >= 15 is 0 Å². The van der Waals surface area contributed by atoms with Crippen molar-refractivity contribution in [3.05, 3.63) is 24.0 Å². The van der Waals surface area contributed by atoms with Gasteiger partial charge in [0.15, 0.2) is 0 Å². The molecule has 1 rings (SSSR count). The van der Waals surface area contributed by atoms with Gasteiger partial charge in [0.05, 0.1) is 6.20 Å². The summed E-state index contributed by atoms with van der Waals surface area (Å²) in [6, 6.07) is 0. The molecule has 0 saturated heterocycles. The molecule has 1 aromatic rings. The molecule has 0 aliphatic rings. The van der Waals surface area contributed by atoms with Gasteiger partial charge in [0.1, 0.15) is 0 Å². The summed E-state index contributed by atoms with van der Waals surface area (Å²) >= 11 is 0. The maximum atomic E-state index is 3.80. The van der Waals surface area contributed by atoms with E-state index in [2.05, 4.69) is 16.8 Å². The highest BCUT2D eigenvalue weighted by Crippen LogP contribution is 2.01. The van der Waals surface area contributed by atoms with Gasteiger partial charge in [-0.3, -0.25) is 5.10 Å². The molecule has 0 bridgehead atoms. The van der Waals surface area contributed by atoms with Gasteiger partial charge in [0, 0.05) is 11.3 Å². The van der Waals surface area contributed by atoms with E-state index in [1.807, 2.05) is 6.92 Å². The van der Waals surface area contributed by atoms with E-state index in [-0.39, 0.29) is 0 Å². The lowest BCUT2D eigenvalue weighted by Gasteiger charge is -1.81. The zero-order valence-corrected chi connectivity index (χ0v) is 4.81. The summed E-state index contributed by atoms with van der Waals surface area (Å²) in [4.78, 5) is 0. The molecule has 0 aliphatic carbocycles. The lowest BCUT2D eigenvalue weighted by Crippen LogP contribution is -1.71. The van der Waals surface area contributed by atoms with Gasteiger partial charge >= 0.3 is 0 Å². The van der Waals surface area contributed by atoms with E-state index in [4.69, 9.17) is 0 Å². The van der Waals surface area contributed by atoms with Crippen LogP contribution in [0.4, 0.5) is 0 Å². The van der Waals surface area contributed by atoms with Crippen molar-refractivity contribution in [2.45, 2.75) is 6.92 Å². The van der Waals surface area contributed by atoms with E-state index in [1.54, 1.807) is 12.3 Å². The minimum Gasteiger partial charge on any atom is -0.282 e. The Morgan fingerprint density at radius 2 is 2.62 bits per heavy atom. The molecule has 1 aromatic heterocycles. The van der Waals surface area contributed by atoms with Crippen LogP contribution in [0.25, 0.3) is 6.08 Å². The standard InChI is InChI=1S/C6H8N2/c1-3-6-4-7-8-5(6)2/h3-4H,1H2,2H3,(H,7,8). The molecule has 0 atom stereocenters. The Kier molecular flexibility index (Phi) is 1.16. The maximum Gasteiger partial charge on any atom is 0.0562 e. The Morgan fingerprint density at radius 1 is 1.88 bits per heavy atom. The van der Waals surface area contributed by atoms with Crippen molar-refractivity contribution in [3.63, 3.8) is 0 Å². The number of hydrogen-bond donors (Lipinski definition) is 1. The second-order valence-electron chi connectivity index (χ2n) is 1.65. The first-order chi connectivity index (χ1) is 3.84. The topological polar surface area (TPSA) is 28.7 Å². The SMILES string of the molecule is C=Cc1cn[nH]c1C. The van der Waals surface area contributed by atoms with Crippen LogP contribution in [0, 0.1) is 6.92 Å². The summed E-state index contributed by atoms with van der Waals surface area (Å²) in [7, 11) is 0.